The van der Waals surface area contributed by atoms with Crippen LogP contribution >= 0.6 is 11.3 Å². The first-order chi connectivity index (χ1) is 16.9. The predicted octanol–water partition coefficient (Wildman–Crippen LogP) is 2.83. The van der Waals surface area contributed by atoms with Gasteiger partial charge in [-0.25, -0.2) is 4.98 Å². The Labute approximate surface area is 206 Å². The fourth-order valence-electron chi connectivity index (χ4n) is 4.44. The molecule has 4 aromatic rings. The van der Waals surface area contributed by atoms with Gasteiger partial charge >= 0.3 is 0 Å². The van der Waals surface area contributed by atoms with Crippen molar-refractivity contribution in [2.24, 2.45) is 0 Å². The van der Waals surface area contributed by atoms with E-state index in [1.54, 1.807) is 22.3 Å². The lowest BCUT2D eigenvalue weighted by Crippen LogP contribution is -2.51. The largest absolute Gasteiger partial charge is 0.343 e. The second kappa shape index (κ2) is 9.59. The molecule has 180 valence electrons. The standard InChI is InChI=1S/C26H27N5O3S/c1-16-17(2)35-26-23(16)25(34)28-21(29-26)15-30-9-11-31(12-10-30)22(32)14-27-24(33)20-8-7-18-5-3-4-6-19(18)13-20/h3-8,13H,9-12,14-15H2,1-2H3,(H,27,33)(H,28,29,34). The van der Waals surface area contributed by atoms with Crippen LogP contribution in [0.1, 0.15) is 26.6 Å². The first kappa shape index (κ1) is 23.2. The molecule has 1 aliphatic rings. The van der Waals surface area contributed by atoms with Crippen LogP contribution < -0.4 is 10.9 Å². The van der Waals surface area contributed by atoms with Crippen LogP contribution in [-0.2, 0) is 11.3 Å². The lowest BCUT2D eigenvalue weighted by molar-refractivity contribution is -0.131. The highest BCUT2D eigenvalue weighted by Crippen LogP contribution is 2.25. The molecule has 2 N–H and O–H groups in total. The molecule has 8 nitrogen and oxygen atoms in total. The van der Waals surface area contributed by atoms with Crippen molar-refractivity contribution in [2.45, 2.75) is 20.4 Å². The number of benzene rings is 2. The summed E-state index contributed by atoms with van der Waals surface area (Å²) in [5.41, 5.74) is 1.43. The van der Waals surface area contributed by atoms with Gasteiger partial charge in [-0.05, 0) is 42.3 Å². The lowest BCUT2D eigenvalue weighted by Gasteiger charge is -2.34. The number of aryl methyl sites for hydroxylation is 2. The zero-order chi connectivity index (χ0) is 24.5. The average molecular weight is 490 g/mol. The SMILES string of the molecule is Cc1sc2nc(CN3CCN(C(=O)CNC(=O)c4ccc5ccccc5c4)CC3)[nH]c(=O)c2c1C. The van der Waals surface area contributed by atoms with Crippen molar-refractivity contribution in [3.63, 3.8) is 0 Å². The minimum atomic E-state index is -0.257. The molecule has 1 aliphatic heterocycles. The Hall–Kier alpha value is -3.56. The molecule has 0 atom stereocenters. The van der Waals surface area contributed by atoms with Crippen LogP contribution in [-0.4, -0.2) is 64.3 Å². The molecular weight excluding hydrogens is 462 g/mol. The lowest BCUT2D eigenvalue weighted by atomic mass is 10.1. The monoisotopic (exact) mass is 489 g/mol. The number of H-pyrrole nitrogens is 1. The smallest absolute Gasteiger partial charge is 0.259 e. The quantitative estimate of drug-likeness (QED) is 0.449. The van der Waals surface area contributed by atoms with E-state index in [9.17, 15) is 14.4 Å². The number of aromatic amines is 1. The predicted molar refractivity (Wildman–Crippen MR) is 138 cm³/mol. The van der Waals surface area contributed by atoms with E-state index in [2.05, 4.69) is 20.2 Å². The Kier molecular flexibility index (Phi) is 6.36. The molecule has 2 aromatic heterocycles. The van der Waals surface area contributed by atoms with Gasteiger partial charge in [-0.15, -0.1) is 11.3 Å². The molecule has 0 saturated carbocycles. The van der Waals surface area contributed by atoms with Gasteiger partial charge in [0.05, 0.1) is 18.5 Å². The van der Waals surface area contributed by atoms with Crippen molar-refractivity contribution in [1.29, 1.82) is 0 Å². The van der Waals surface area contributed by atoms with Gasteiger partial charge in [0.15, 0.2) is 0 Å². The fourth-order valence-corrected chi connectivity index (χ4v) is 5.49. The number of nitrogens with zero attached hydrogens (tertiary/aromatic N) is 3. The molecule has 35 heavy (non-hydrogen) atoms. The van der Waals surface area contributed by atoms with Gasteiger partial charge in [0.25, 0.3) is 11.5 Å². The van der Waals surface area contributed by atoms with Gasteiger partial charge in [-0.1, -0.05) is 30.3 Å². The van der Waals surface area contributed by atoms with E-state index in [0.29, 0.717) is 49.5 Å². The van der Waals surface area contributed by atoms with Crippen LogP contribution in [0.4, 0.5) is 0 Å². The third-order valence-corrected chi connectivity index (χ3v) is 7.70. The number of rotatable bonds is 5. The molecule has 0 bridgehead atoms. The van der Waals surface area contributed by atoms with E-state index in [1.165, 1.54) is 0 Å². The topological polar surface area (TPSA) is 98.4 Å². The summed E-state index contributed by atoms with van der Waals surface area (Å²) < 4.78 is 0. The van der Waals surface area contributed by atoms with Crippen molar-refractivity contribution in [3.05, 3.63) is 74.6 Å². The zero-order valence-electron chi connectivity index (χ0n) is 19.8. The van der Waals surface area contributed by atoms with Crippen molar-refractivity contribution in [3.8, 4) is 0 Å². The molecule has 9 heteroatoms. The summed E-state index contributed by atoms with van der Waals surface area (Å²) in [6.07, 6.45) is 0. The second-order valence-electron chi connectivity index (χ2n) is 8.88. The number of nitrogens with one attached hydrogen (secondary N) is 2. The number of piperazine rings is 1. The number of aromatic nitrogens is 2. The Morgan fingerprint density at radius 1 is 1.06 bits per heavy atom. The Morgan fingerprint density at radius 2 is 1.80 bits per heavy atom. The van der Waals surface area contributed by atoms with Gasteiger partial charge in [0.2, 0.25) is 5.91 Å². The van der Waals surface area contributed by atoms with E-state index < -0.39 is 0 Å². The molecular formula is C26H27N5O3S. The zero-order valence-corrected chi connectivity index (χ0v) is 20.6. The highest BCUT2D eigenvalue weighted by molar-refractivity contribution is 7.18. The summed E-state index contributed by atoms with van der Waals surface area (Å²) >= 11 is 1.54. The van der Waals surface area contributed by atoms with Crippen LogP contribution in [0, 0.1) is 13.8 Å². The Morgan fingerprint density at radius 3 is 2.57 bits per heavy atom. The highest BCUT2D eigenvalue weighted by Gasteiger charge is 2.22. The maximum Gasteiger partial charge on any atom is 0.259 e. The molecule has 1 saturated heterocycles. The first-order valence-corrected chi connectivity index (χ1v) is 12.5. The van der Waals surface area contributed by atoms with Crippen molar-refractivity contribution in [1.82, 2.24) is 25.1 Å². The Bertz CT molecular complexity index is 1480. The fraction of sp³-hybridized carbons (Fsp3) is 0.308. The number of carbonyl (C=O) groups excluding carboxylic acids is 2. The normalized spacial score (nSPS) is 14.5. The number of thiophene rings is 1. The third kappa shape index (κ3) is 4.82. The van der Waals surface area contributed by atoms with E-state index in [4.69, 9.17) is 0 Å². The maximum atomic E-state index is 12.7. The molecule has 0 radical (unpaired) electrons. The van der Waals surface area contributed by atoms with Crippen LogP contribution in [0.5, 0.6) is 0 Å². The summed E-state index contributed by atoms with van der Waals surface area (Å²) in [4.78, 5) is 51.1. The number of amides is 2. The molecule has 0 spiro atoms. The van der Waals surface area contributed by atoms with Gasteiger partial charge in [0, 0.05) is 36.6 Å². The van der Waals surface area contributed by atoms with E-state index in [1.807, 2.05) is 50.2 Å². The number of fused-ring (bicyclic) bond motifs is 2. The van der Waals surface area contributed by atoms with Crippen LogP contribution in [0.15, 0.2) is 47.3 Å². The summed E-state index contributed by atoms with van der Waals surface area (Å²) in [5, 5.41) is 5.48. The summed E-state index contributed by atoms with van der Waals surface area (Å²) in [7, 11) is 0. The number of carbonyl (C=O) groups is 2. The molecule has 0 unspecified atom stereocenters. The van der Waals surface area contributed by atoms with E-state index in [0.717, 1.165) is 26.0 Å². The molecule has 3 heterocycles. The second-order valence-corrected chi connectivity index (χ2v) is 10.1. The average Bonchev–Trinajstić information content (AvgIpc) is 3.15. The van der Waals surface area contributed by atoms with Gasteiger partial charge in [-0.3, -0.25) is 19.3 Å². The number of hydrogen-bond donors (Lipinski definition) is 2. The minimum absolute atomic E-state index is 0.0334. The first-order valence-electron chi connectivity index (χ1n) is 11.6. The van der Waals surface area contributed by atoms with Crippen molar-refractivity contribution >= 4 is 44.1 Å². The van der Waals surface area contributed by atoms with Gasteiger partial charge in [-0.2, -0.15) is 0 Å². The maximum absolute atomic E-state index is 12.7. The van der Waals surface area contributed by atoms with Crippen LogP contribution in [0.25, 0.3) is 21.0 Å². The molecule has 2 aromatic carbocycles. The summed E-state index contributed by atoms with van der Waals surface area (Å²) in [6.45, 7) is 6.93. The van der Waals surface area contributed by atoms with E-state index >= 15 is 0 Å². The van der Waals surface area contributed by atoms with Crippen molar-refractivity contribution < 1.29 is 9.59 Å². The van der Waals surface area contributed by atoms with Gasteiger partial charge in [0.1, 0.15) is 10.7 Å². The molecule has 1 fully saturated rings. The third-order valence-electron chi connectivity index (χ3n) is 6.60. The van der Waals surface area contributed by atoms with Crippen molar-refractivity contribution in [2.75, 3.05) is 32.7 Å². The molecule has 5 rings (SSSR count). The molecule has 2 amide bonds. The van der Waals surface area contributed by atoms with Gasteiger partial charge < -0.3 is 15.2 Å². The molecule has 0 aliphatic carbocycles. The van der Waals surface area contributed by atoms with E-state index in [-0.39, 0.29) is 23.9 Å². The summed E-state index contributed by atoms with van der Waals surface area (Å²) in [5.74, 6) is 0.287. The Balaban J connectivity index is 1.14. The summed E-state index contributed by atoms with van der Waals surface area (Å²) in [6, 6.07) is 13.4. The van der Waals surface area contributed by atoms with Crippen LogP contribution in [0.2, 0.25) is 0 Å². The number of hydrogen-bond acceptors (Lipinski definition) is 6. The minimum Gasteiger partial charge on any atom is -0.343 e. The highest BCUT2D eigenvalue weighted by atomic mass is 32.1. The van der Waals surface area contributed by atoms with Crippen LogP contribution in [0.3, 0.4) is 0 Å².